The van der Waals surface area contributed by atoms with Gasteiger partial charge in [0.2, 0.25) is 0 Å². The Morgan fingerprint density at radius 1 is 1.18 bits per heavy atom. The molecule has 0 saturated heterocycles. The number of H-pyrrole nitrogens is 1. The lowest BCUT2D eigenvalue weighted by molar-refractivity contribution is 0.0600. The Morgan fingerprint density at radius 2 is 1.97 bits per heavy atom. The number of carbonyl (C=O) groups is 1. The lowest BCUT2D eigenvalue weighted by Crippen LogP contribution is -2.38. The Balaban J connectivity index is 1.63. The zero-order chi connectivity index (χ0) is 26.7. The summed E-state index contributed by atoms with van der Waals surface area (Å²) in [6.45, 7) is 3.01. The second kappa shape index (κ2) is 8.90. The molecule has 38 heavy (non-hydrogen) atoms. The largest absolute Gasteiger partial charge is 0.465 e. The van der Waals surface area contributed by atoms with Gasteiger partial charge in [-0.05, 0) is 54.5 Å². The molecule has 1 aliphatic carbocycles. The summed E-state index contributed by atoms with van der Waals surface area (Å²) in [6, 6.07) is 8.05. The third-order valence-electron chi connectivity index (χ3n) is 7.59. The lowest BCUT2D eigenvalue weighted by atomic mass is 10.1. The average Bonchev–Trinajstić information content (AvgIpc) is 3.37. The molecule has 1 aliphatic rings. The fourth-order valence-electron chi connectivity index (χ4n) is 5.23. The van der Waals surface area contributed by atoms with Crippen molar-refractivity contribution in [3.05, 3.63) is 74.2 Å². The second-order valence-corrected chi connectivity index (χ2v) is 10.2. The number of methoxy groups -OCH3 is 1. The molecule has 1 fully saturated rings. The number of nitrogens with one attached hydrogen (secondary N) is 1. The number of nitrogens with zero attached hydrogens (tertiary/aromatic N) is 5. The number of hydrogen-bond donors (Lipinski definition) is 1. The van der Waals surface area contributed by atoms with Gasteiger partial charge in [0.25, 0.3) is 5.56 Å². The van der Waals surface area contributed by atoms with E-state index in [-0.39, 0.29) is 5.69 Å². The van der Waals surface area contributed by atoms with Crippen molar-refractivity contribution in [2.45, 2.75) is 39.3 Å². The first-order valence-electron chi connectivity index (χ1n) is 12.8. The zero-order valence-corrected chi connectivity index (χ0v) is 21.9. The topological polar surface area (TPSA) is 109 Å². The summed E-state index contributed by atoms with van der Waals surface area (Å²) in [5.41, 5.74) is 4.41. The van der Waals surface area contributed by atoms with Crippen LogP contribution in [0.4, 0.5) is 0 Å². The van der Waals surface area contributed by atoms with Crippen LogP contribution in [0.3, 0.4) is 0 Å². The summed E-state index contributed by atoms with van der Waals surface area (Å²) in [5.74, 6) is -0.0615. The van der Waals surface area contributed by atoms with Gasteiger partial charge >= 0.3 is 11.7 Å². The number of carbonyl (C=O) groups excluding carboxylic acids is 1. The minimum Gasteiger partial charge on any atom is -0.465 e. The first-order valence-corrected chi connectivity index (χ1v) is 12.8. The van der Waals surface area contributed by atoms with Crippen LogP contribution in [0, 0.1) is 5.92 Å². The number of aromatic amines is 1. The predicted molar refractivity (Wildman–Crippen MR) is 144 cm³/mol. The highest BCUT2D eigenvalue weighted by Gasteiger charge is 2.29. The highest BCUT2D eigenvalue weighted by Crippen LogP contribution is 2.33. The van der Waals surface area contributed by atoms with Crippen molar-refractivity contribution in [1.29, 1.82) is 0 Å². The molecule has 1 aromatic carbocycles. The van der Waals surface area contributed by atoms with Gasteiger partial charge in [0.1, 0.15) is 11.1 Å². The Bertz CT molecular complexity index is 1840. The molecule has 0 unspecified atom stereocenters. The molecule has 10 nitrogen and oxygen atoms in total. The number of aryl methyl sites for hydroxylation is 2. The van der Waals surface area contributed by atoms with Crippen molar-refractivity contribution in [1.82, 2.24) is 28.5 Å². The highest BCUT2D eigenvalue weighted by atomic mass is 16.5. The van der Waals surface area contributed by atoms with E-state index in [1.54, 1.807) is 26.1 Å². The van der Waals surface area contributed by atoms with E-state index in [0.29, 0.717) is 47.0 Å². The van der Waals surface area contributed by atoms with Gasteiger partial charge in [-0.15, -0.1) is 0 Å². The number of benzene rings is 1. The van der Waals surface area contributed by atoms with Crippen LogP contribution in [0.15, 0.2) is 46.2 Å². The van der Waals surface area contributed by atoms with Gasteiger partial charge in [0.15, 0.2) is 5.65 Å². The maximum absolute atomic E-state index is 13.6. The van der Waals surface area contributed by atoms with E-state index in [1.165, 1.54) is 19.7 Å². The summed E-state index contributed by atoms with van der Waals surface area (Å²) in [7, 11) is 4.66. The molecule has 0 amide bonds. The van der Waals surface area contributed by atoms with Crippen LogP contribution < -0.4 is 11.2 Å². The number of hydrogen-bond acceptors (Lipinski definition) is 5. The van der Waals surface area contributed by atoms with Crippen LogP contribution in [0.25, 0.3) is 33.3 Å². The molecule has 4 aromatic heterocycles. The fourth-order valence-corrected chi connectivity index (χ4v) is 5.23. The first-order chi connectivity index (χ1) is 18.3. The number of esters is 1. The lowest BCUT2D eigenvalue weighted by Gasteiger charge is -2.09. The molecule has 0 bridgehead atoms. The summed E-state index contributed by atoms with van der Waals surface area (Å²) >= 11 is 0. The molecule has 1 N–H and O–H groups in total. The van der Waals surface area contributed by atoms with Crippen LogP contribution in [0.2, 0.25) is 0 Å². The molecule has 10 heteroatoms. The third kappa shape index (κ3) is 3.79. The summed E-state index contributed by atoms with van der Waals surface area (Å²) in [6.07, 6.45) is 6.66. The SMILES string of the molecule is CCc1ccc2[nH]cc(Cn3nc4c(c3-c3cc(C(=O)OC)cn3C)c(=O)n(C)c(=O)n4CC3CC3)c2c1. The highest BCUT2D eigenvalue weighted by molar-refractivity contribution is 5.95. The molecule has 0 aliphatic heterocycles. The van der Waals surface area contributed by atoms with E-state index in [4.69, 9.17) is 9.84 Å². The number of fused-ring (bicyclic) bond motifs is 2. The van der Waals surface area contributed by atoms with Gasteiger partial charge in [-0.25, -0.2) is 9.59 Å². The third-order valence-corrected chi connectivity index (χ3v) is 7.59. The Labute approximate surface area is 218 Å². The maximum atomic E-state index is 13.6. The van der Waals surface area contributed by atoms with Crippen LogP contribution in [0.1, 0.15) is 41.3 Å². The molecule has 6 rings (SSSR count). The number of aromatic nitrogens is 6. The molecular formula is C28H30N6O4. The molecule has 196 valence electrons. The molecule has 5 aromatic rings. The Morgan fingerprint density at radius 3 is 2.68 bits per heavy atom. The molecule has 0 spiro atoms. The van der Waals surface area contributed by atoms with Crippen molar-refractivity contribution >= 4 is 27.9 Å². The van der Waals surface area contributed by atoms with Gasteiger partial charge in [-0.3, -0.25) is 18.6 Å². The standard InChI is InChI=1S/C28H30N6O4/c1-5-16-8-9-21-20(10-16)19(12-29-21)15-34-24(22-11-18(14-31(22)2)27(36)38-4)23-25(30-34)33(13-17-6-7-17)28(37)32(3)26(23)35/h8-12,14,17,29H,5-7,13,15H2,1-4H3. The van der Waals surface area contributed by atoms with E-state index >= 15 is 0 Å². The van der Waals surface area contributed by atoms with Gasteiger partial charge in [0.05, 0.1) is 24.9 Å². The molecular weight excluding hydrogens is 484 g/mol. The first kappa shape index (κ1) is 24.0. The minimum absolute atomic E-state index is 0.361. The zero-order valence-electron chi connectivity index (χ0n) is 21.9. The van der Waals surface area contributed by atoms with E-state index < -0.39 is 11.5 Å². The monoisotopic (exact) mass is 514 g/mol. The van der Waals surface area contributed by atoms with Crippen molar-refractivity contribution in [2.24, 2.45) is 20.0 Å². The van der Waals surface area contributed by atoms with Gasteiger partial charge < -0.3 is 14.3 Å². The normalized spacial score (nSPS) is 13.6. The van der Waals surface area contributed by atoms with Crippen molar-refractivity contribution in [3.63, 3.8) is 0 Å². The smallest absolute Gasteiger partial charge is 0.339 e. The van der Waals surface area contributed by atoms with Gasteiger partial charge in [0, 0.05) is 43.9 Å². The molecule has 1 saturated carbocycles. The van der Waals surface area contributed by atoms with E-state index in [2.05, 4.69) is 30.1 Å². The van der Waals surface area contributed by atoms with E-state index in [9.17, 15) is 14.4 Å². The summed E-state index contributed by atoms with van der Waals surface area (Å²) < 4.78 is 11.3. The van der Waals surface area contributed by atoms with Crippen LogP contribution in [-0.2, 0) is 38.3 Å². The predicted octanol–water partition coefficient (Wildman–Crippen LogP) is 3.19. The van der Waals surface area contributed by atoms with Crippen molar-refractivity contribution in [3.8, 4) is 11.4 Å². The summed E-state index contributed by atoms with van der Waals surface area (Å²) in [4.78, 5) is 42.5. The van der Waals surface area contributed by atoms with Crippen LogP contribution in [0.5, 0.6) is 0 Å². The minimum atomic E-state index is -0.468. The van der Waals surface area contributed by atoms with Gasteiger partial charge in [-0.2, -0.15) is 5.10 Å². The van der Waals surface area contributed by atoms with Gasteiger partial charge in [-0.1, -0.05) is 13.0 Å². The molecule has 0 radical (unpaired) electrons. The fraction of sp³-hybridized carbons (Fsp3) is 0.357. The van der Waals surface area contributed by atoms with E-state index in [1.807, 2.05) is 13.2 Å². The van der Waals surface area contributed by atoms with E-state index in [0.717, 1.165) is 40.3 Å². The Kier molecular flexibility index (Phi) is 5.62. The average molecular weight is 515 g/mol. The maximum Gasteiger partial charge on any atom is 0.339 e. The van der Waals surface area contributed by atoms with Crippen LogP contribution in [-0.4, -0.2) is 41.5 Å². The number of ether oxygens (including phenoxy) is 1. The summed E-state index contributed by atoms with van der Waals surface area (Å²) in [5, 5.41) is 6.34. The van der Waals surface area contributed by atoms with Crippen molar-refractivity contribution in [2.75, 3.05) is 7.11 Å². The molecule has 0 atom stereocenters. The Hall–Kier alpha value is -4.34. The molecule has 4 heterocycles. The second-order valence-electron chi connectivity index (χ2n) is 10.2. The quantitative estimate of drug-likeness (QED) is 0.336. The van der Waals surface area contributed by atoms with Crippen LogP contribution >= 0.6 is 0 Å². The van der Waals surface area contributed by atoms with Crippen molar-refractivity contribution < 1.29 is 9.53 Å². The number of rotatable bonds is 7.